The van der Waals surface area contributed by atoms with Crippen molar-refractivity contribution in [2.75, 3.05) is 0 Å². The minimum atomic E-state index is 0.670. The summed E-state index contributed by atoms with van der Waals surface area (Å²) < 4.78 is 0. The SMILES string of the molecule is CC#CP/C=C/P. The molecule has 0 aliphatic rings. The largest absolute Gasteiger partial charge is 0.114 e. The van der Waals surface area contributed by atoms with Crippen LogP contribution in [0.4, 0.5) is 0 Å². The quantitative estimate of drug-likeness (QED) is 0.376. The summed E-state index contributed by atoms with van der Waals surface area (Å²) in [6.07, 6.45) is 0. The fourth-order valence-corrected chi connectivity index (χ4v) is 0.775. The van der Waals surface area contributed by atoms with Crippen LogP contribution in [0.15, 0.2) is 11.6 Å². The van der Waals surface area contributed by atoms with Gasteiger partial charge in [-0.05, 0) is 15.5 Å². The van der Waals surface area contributed by atoms with Crippen LogP contribution in [-0.2, 0) is 0 Å². The molecule has 2 heteroatoms. The molecule has 2 unspecified atom stereocenters. The van der Waals surface area contributed by atoms with E-state index >= 15 is 0 Å². The molecule has 0 heterocycles. The van der Waals surface area contributed by atoms with Crippen molar-refractivity contribution >= 4 is 17.8 Å². The highest BCUT2D eigenvalue weighted by molar-refractivity contribution is 7.48. The molecule has 0 rings (SSSR count). The maximum absolute atomic E-state index is 2.93. The van der Waals surface area contributed by atoms with E-state index in [0.717, 1.165) is 0 Å². The van der Waals surface area contributed by atoms with Gasteiger partial charge in [0, 0.05) is 0 Å². The minimum absolute atomic E-state index is 0.670. The lowest BCUT2D eigenvalue weighted by atomic mass is 10.8. The molecule has 0 aromatic rings. The standard InChI is InChI=1S/C5H8P2/c1-2-4-7-5-3-6/h3,5,7H,6H2,1H3/b5-3+. The van der Waals surface area contributed by atoms with Crippen LogP contribution >= 0.6 is 17.8 Å². The van der Waals surface area contributed by atoms with Gasteiger partial charge >= 0.3 is 0 Å². The van der Waals surface area contributed by atoms with Crippen LogP contribution in [0, 0.1) is 11.6 Å². The predicted octanol–water partition coefficient (Wildman–Crippen LogP) is 1.99. The Morgan fingerprint density at radius 2 is 2.43 bits per heavy atom. The maximum Gasteiger partial charge on any atom is -0.00236 e. The second kappa shape index (κ2) is 6.16. The smallest absolute Gasteiger partial charge is 0.00236 e. The highest BCUT2D eigenvalue weighted by Gasteiger charge is 1.59. The number of hydrogen-bond donors (Lipinski definition) is 0. The molecule has 0 radical (unpaired) electrons. The summed E-state index contributed by atoms with van der Waals surface area (Å²) in [5.74, 6) is 6.77. The second-order valence-electron chi connectivity index (χ2n) is 0.878. The van der Waals surface area contributed by atoms with Gasteiger partial charge in [0.1, 0.15) is 0 Å². The molecule has 0 aliphatic carbocycles. The average molecular weight is 130 g/mol. The molecule has 0 N–H and O–H groups in total. The normalized spacial score (nSPS) is 10.0. The fourth-order valence-electron chi connectivity index (χ4n) is 0.162. The summed E-state index contributed by atoms with van der Waals surface area (Å²) >= 11 is 0. The first-order valence-electron chi connectivity index (χ1n) is 1.96. The first kappa shape index (κ1) is 7.16. The summed E-state index contributed by atoms with van der Waals surface area (Å²) in [5.41, 5.74) is 2.93. The van der Waals surface area contributed by atoms with E-state index in [4.69, 9.17) is 0 Å². The first-order valence-corrected chi connectivity index (χ1v) is 3.70. The van der Waals surface area contributed by atoms with Gasteiger partial charge in [0.25, 0.3) is 0 Å². The zero-order valence-corrected chi connectivity index (χ0v) is 6.39. The highest BCUT2D eigenvalue weighted by atomic mass is 31.1. The Balaban J connectivity index is 3.09. The predicted molar refractivity (Wildman–Crippen MR) is 40.6 cm³/mol. The van der Waals surface area contributed by atoms with E-state index in [2.05, 4.69) is 20.8 Å². The van der Waals surface area contributed by atoms with Gasteiger partial charge in [-0.2, -0.15) is 0 Å². The molecule has 0 bridgehead atoms. The second-order valence-corrected chi connectivity index (χ2v) is 2.14. The Morgan fingerprint density at radius 3 is 2.86 bits per heavy atom. The third-order valence-electron chi connectivity index (χ3n) is 0.377. The Labute approximate surface area is 48.8 Å². The monoisotopic (exact) mass is 130 g/mol. The van der Waals surface area contributed by atoms with Gasteiger partial charge in [0.05, 0.1) is 0 Å². The lowest BCUT2D eigenvalue weighted by Crippen LogP contribution is -1.33. The third-order valence-corrected chi connectivity index (χ3v) is 1.71. The van der Waals surface area contributed by atoms with Crippen molar-refractivity contribution in [3.05, 3.63) is 11.6 Å². The van der Waals surface area contributed by atoms with Crippen molar-refractivity contribution in [3.63, 3.8) is 0 Å². The van der Waals surface area contributed by atoms with Crippen molar-refractivity contribution in [3.8, 4) is 11.6 Å². The van der Waals surface area contributed by atoms with Crippen LogP contribution in [0.1, 0.15) is 6.92 Å². The topological polar surface area (TPSA) is 0 Å². The van der Waals surface area contributed by atoms with E-state index in [1.165, 1.54) is 0 Å². The van der Waals surface area contributed by atoms with Gasteiger partial charge < -0.3 is 0 Å². The first-order chi connectivity index (χ1) is 3.41. The molecule has 0 fully saturated rings. The lowest BCUT2D eigenvalue weighted by Gasteiger charge is -1.69. The Kier molecular flexibility index (Phi) is 6.30. The van der Waals surface area contributed by atoms with Crippen molar-refractivity contribution in [2.45, 2.75) is 6.92 Å². The third kappa shape index (κ3) is 6.16. The van der Waals surface area contributed by atoms with Crippen LogP contribution < -0.4 is 0 Å². The average Bonchev–Trinajstić information content (AvgIpc) is 1.69. The zero-order chi connectivity index (χ0) is 5.54. The highest BCUT2D eigenvalue weighted by Crippen LogP contribution is 2.08. The van der Waals surface area contributed by atoms with E-state index in [-0.39, 0.29) is 0 Å². The summed E-state index contributed by atoms with van der Waals surface area (Å²) in [6.45, 7) is 1.85. The molecule has 0 saturated carbocycles. The van der Waals surface area contributed by atoms with Gasteiger partial charge in [0.15, 0.2) is 0 Å². The molecule has 0 aliphatic heterocycles. The molecular weight excluding hydrogens is 122 g/mol. The van der Waals surface area contributed by atoms with Gasteiger partial charge in [-0.1, -0.05) is 17.3 Å². The van der Waals surface area contributed by atoms with E-state index < -0.39 is 0 Å². The maximum atomic E-state index is 2.93. The Morgan fingerprint density at radius 1 is 1.71 bits per heavy atom. The summed E-state index contributed by atoms with van der Waals surface area (Å²) in [7, 11) is 3.18. The molecular formula is C5H8P2. The van der Waals surface area contributed by atoms with Crippen LogP contribution in [0.2, 0.25) is 0 Å². The van der Waals surface area contributed by atoms with E-state index in [1.54, 1.807) is 0 Å². The van der Waals surface area contributed by atoms with Crippen LogP contribution in [-0.4, -0.2) is 0 Å². The van der Waals surface area contributed by atoms with Crippen LogP contribution in [0.5, 0.6) is 0 Å². The Bertz CT molecular complexity index is 105. The van der Waals surface area contributed by atoms with Gasteiger partial charge in [-0.25, -0.2) is 0 Å². The van der Waals surface area contributed by atoms with E-state index in [9.17, 15) is 0 Å². The lowest BCUT2D eigenvalue weighted by molar-refractivity contribution is 1.93. The fraction of sp³-hybridized carbons (Fsp3) is 0.200. The molecule has 38 valence electrons. The van der Waals surface area contributed by atoms with Gasteiger partial charge in [-0.15, -0.1) is 15.2 Å². The number of hydrogen-bond acceptors (Lipinski definition) is 0. The molecule has 0 saturated heterocycles. The van der Waals surface area contributed by atoms with Gasteiger partial charge in [0.2, 0.25) is 0 Å². The summed E-state index contributed by atoms with van der Waals surface area (Å²) in [5, 5.41) is 0. The van der Waals surface area contributed by atoms with E-state index in [1.807, 2.05) is 18.6 Å². The molecule has 0 aromatic heterocycles. The van der Waals surface area contributed by atoms with Crippen molar-refractivity contribution < 1.29 is 0 Å². The molecule has 0 aromatic carbocycles. The minimum Gasteiger partial charge on any atom is -0.114 e. The molecule has 2 atom stereocenters. The van der Waals surface area contributed by atoms with Crippen molar-refractivity contribution in [1.82, 2.24) is 0 Å². The summed E-state index contributed by atoms with van der Waals surface area (Å²) in [4.78, 5) is 0. The van der Waals surface area contributed by atoms with Crippen LogP contribution in [0.3, 0.4) is 0 Å². The van der Waals surface area contributed by atoms with Crippen molar-refractivity contribution in [1.29, 1.82) is 0 Å². The molecule has 0 amide bonds. The zero-order valence-electron chi connectivity index (χ0n) is 4.23. The molecule has 0 spiro atoms. The molecule has 7 heavy (non-hydrogen) atoms. The number of rotatable bonds is 1. The van der Waals surface area contributed by atoms with E-state index in [0.29, 0.717) is 8.58 Å². The molecule has 0 nitrogen and oxygen atoms in total. The van der Waals surface area contributed by atoms with Crippen molar-refractivity contribution in [2.24, 2.45) is 0 Å². The Hall–Kier alpha value is 0.160. The van der Waals surface area contributed by atoms with Crippen LogP contribution in [0.25, 0.3) is 0 Å². The summed E-state index contributed by atoms with van der Waals surface area (Å²) in [6, 6.07) is 0. The van der Waals surface area contributed by atoms with Gasteiger partial charge in [-0.3, -0.25) is 0 Å².